The lowest BCUT2D eigenvalue weighted by atomic mass is 10.2. The lowest BCUT2D eigenvalue weighted by molar-refractivity contribution is 0.297. The Morgan fingerprint density at radius 2 is 1.71 bits per heavy atom. The molecule has 0 bridgehead atoms. The number of ether oxygens (including phenoxy) is 2. The Morgan fingerprint density at radius 3 is 2.39 bits per heavy atom. The van der Waals surface area contributed by atoms with E-state index in [4.69, 9.17) is 21.1 Å². The van der Waals surface area contributed by atoms with Crippen LogP contribution in [-0.2, 0) is 13.0 Å². The molecule has 0 amide bonds. The summed E-state index contributed by atoms with van der Waals surface area (Å²) in [4.78, 5) is 12.4. The summed E-state index contributed by atoms with van der Waals surface area (Å²) in [5, 5.41) is 0. The third-order valence-corrected chi connectivity index (χ3v) is 4.64. The molecule has 146 valence electrons. The van der Waals surface area contributed by atoms with Gasteiger partial charge >= 0.3 is 0 Å². The minimum atomic E-state index is -0.106. The minimum absolute atomic E-state index is 0.106. The first-order chi connectivity index (χ1) is 13.7. The lowest BCUT2D eigenvalue weighted by Gasteiger charge is -2.17. The van der Waals surface area contributed by atoms with Gasteiger partial charge in [-0.3, -0.25) is 4.79 Å². The average molecular weight is 398 g/mol. The van der Waals surface area contributed by atoms with E-state index >= 15 is 0 Å². The Bertz CT molecular complexity index is 936. The molecular weight excluding hydrogens is 374 g/mol. The van der Waals surface area contributed by atoms with Gasteiger partial charge in [-0.05, 0) is 42.7 Å². The van der Waals surface area contributed by atoms with Crippen LogP contribution in [0.5, 0.6) is 11.5 Å². The second kappa shape index (κ2) is 10.00. The van der Waals surface area contributed by atoms with Crippen LogP contribution in [0.3, 0.4) is 0 Å². The fourth-order valence-corrected chi connectivity index (χ4v) is 3.07. The molecule has 2 aromatic carbocycles. The van der Waals surface area contributed by atoms with Gasteiger partial charge in [-0.25, -0.2) is 0 Å². The third-order valence-electron chi connectivity index (χ3n) is 4.37. The molecule has 0 saturated carbocycles. The molecular formula is C23H24ClNO3. The van der Waals surface area contributed by atoms with Crippen molar-refractivity contribution in [3.63, 3.8) is 0 Å². The van der Waals surface area contributed by atoms with Crippen LogP contribution in [-0.4, -0.2) is 17.1 Å². The molecule has 0 radical (unpaired) electrons. The molecule has 1 heterocycles. The largest absolute Gasteiger partial charge is 0.494 e. The van der Waals surface area contributed by atoms with Crippen LogP contribution in [0.15, 0.2) is 71.7 Å². The van der Waals surface area contributed by atoms with Crippen LogP contribution in [0, 0.1) is 0 Å². The molecule has 3 aromatic rings. The molecule has 0 N–H and O–H groups in total. The Labute approximate surface area is 170 Å². The van der Waals surface area contributed by atoms with Gasteiger partial charge in [0.1, 0.15) is 12.4 Å². The van der Waals surface area contributed by atoms with Crippen molar-refractivity contribution in [3.8, 4) is 17.2 Å². The number of nitrogens with zero attached hydrogens (tertiary/aromatic N) is 1. The van der Waals surface area contributed by atoms with Crippen LogP contribution in [0.1, 0.15) is 24.6 Å². The molecule has 3 rings (SSSR count). The van der Waals surface area contributed by atoms with E-state index in [0.29, 0.717) is 31.3 Å². The van der Waals surface area contributed by atoms with Crippen molar-refractivity contribution in [1.29, 1.82) is 0 Å². The van der Waals surface area contributed by atoms with Crippen LogP contribution >= 0.6 is 11.6 Å². The maximum absolute atomic E-state index is 12.4. The number of benzene rings is 2. The summed E-state index contributed by atoms with van der Waals surface area (Å²) >= 11 is 5.68. The maximum atomic E-state index is 12.4. The molecule has 0 aliphatic carbocycles. The molecule has 0 saturated heterocycles. The van der Waals surface area contributed by atoms with Crippen molar-refractivity contribution >= 4 is 11.6 Å². The van der Waals surface area contributed by atoms with Crippen molar-refractivity contribution in [2.75, 3.05) is 12.5 Å². The van der Waals surface area contributed by atoms with E-state index in [1.54, 1.807) is 12.3 Å². The predicted octanol–water partition coefficient (Wildman–Crippen LogP) is 4.99. The molecule has 1 aromatic heterocycles. The van der Waals surface area contributed by atoms with E-state index in [-0.39, 0.29) is 5.43 Å². The average Bonchev–Trinajstić information content (AvgIpc) is 2.74. The van der Waals surface area contributed by atoms with Gasteiger partial charge in [0.2, 0.25) is 5.43 Å². The van der Waals surface area contributed by atoms with Crippen LogP contribution in [0.2, 0.25) is 0 Å². The van der Waals surface area contributed by atoms with Gasteiger partial charge in [-0.2, -0.15) is 0 Å². The Balaban J connectivity index is 1.84. The fraction of sp³-hybridized carbons (Fsp3) is 0.261. The Hall–Kier alpha value is -2.72. The molecule has 0 atom stereocenters. The molecule has 0 aliphatic heterocycles. The second-order valence-corrected chi connectivity index (χ2v) is 6.72. The summed E-state index contributed by atoms with van der Waals surface area (Å²) in [6.45, 7) is 2.98. The number of rotatable bonds is 9. The van der Waals surface area contributed by atoms with Crippen LogP contribution in [0.25, 0.3) is 5.69 Å². The molecule has 5 heteroatoms. The van der Waals surface area contributed by atoms with Crippen molar-refractivity contribution in [2.24, 2.45) is 0 Å². The SMILES string of the molecule is CCc1c(OCc2ccccc2)c(=O)ccn1-c1ccc(OCCCCl)cc1. The molecule has 4 nitrogen and oxygen atoms in total. The fourth-order valence-electron chi connectivity index (χ4n) is 2.96. The van der Waals surface area contributed by atoms with E-state index in [1.807, 2.05) is 66.1 Å². The highest BCUT2D eigenvalue weighted by Gasteiger charge is 2.13. The summed E-state index contributed by atoms with van der Waals surface area (Å²) < 4.78 is 13.6. The van der Waals surface area contributed by atoms with Crippen molar-refractivity contribution in [1.82, 2.24) is 4.57 Å². The Kier molecular flexibility index (Phi) is 7.15. The smallest absolute Gasteiger partial charge is 0.223 e. The summed E-state index contributed by atoms with van der Waals surface area (Å²) in [5.74, 6) is 1.78. The summed E-state index contributed by atoms with van der Waals surface area (Å²) in [6, 6.07) is 19.2. The lowest BCUT2D eigenvalue weighted by Crippen LogP contribution is -2.15. The first-order valence-electron chi connectivity index (χ1n) is 9.43. The number of hydrogen-bond acceptors (Lipinski definition) is 3. The highest BCUT2D eigenvalue weighted by Crippen LogP contribution is 2.22. The van der Waals surface area contributed by atoms with E-state index in [2.05, 4.69) is 0 Å². The van der Waals surface area contributed by atoms with Crippen LogP contribution < -0.4 is 14.9 Å². The van der Waals surface area contributed by atoms with Gasteiger partial charge in [0.25, 0.3) is 0 Å². The van der Waals surface area contributed by atoms with Crippen molar-refractivity contribution in [2.45, 2.75) is 26.4 Å². The minimum Gasteiger partial charge on any atom is -0.494 e. The van der Waals surface area contributed by atoms with Crippen molar-refractivity contribution < 1.29 is 9.47 Å². The van der Waals surface area contributed by atoms with E-state index in [0.717, 1.165) is 29.1 Å². The first kappa shape index (κ1) is 20.0. The highest BCUT2D eigenvalue weighted by atomic mass is 35.5. The normalized spacial score (nSPS) is 10.6. The number of alkyl halides is 1. The maximum Gasteiger partial charge on any atom is 0.223 e. The summed E-state index contributed by atoms with van der Waals surface area (Å²) in [5.41, 5.74) is 2.72. The standard InChI is InChI=1S/C23H24ClNO3/c1-2-21-23(28-17-18-7-4-3-5-8-18)22(26)13-15-25(21)19-9-11-20(12-10-19)27-16-6-14-24/h3-5,7-13,15H,2,6,14,16-17H2,1H3. The van der Waals surface area contributed by atoms with E-state index in [9.17, 15) is 4.79 Å². The monoisotopic (exact) mass is 397 g/mol. The number of hydrogen-bond donors (Lipinski definition) is 0. The number of halogens is 1. The zero-order valence-corrected chi connectivity index (χ0v) is 16.7. The third kappa shape index (κ3) is 4.96. The molecule has 0 spiro atoms. The summed E-state index contributed by atoms with van der Waals surface area (Å²) in [6.07, 6.45) is 3.28. The Morgan fingerprint density at radius 1 is 0.964 bits per heavy atom. The van der Waals surface area contributed by atoms with Gasteiger partial charge in [-0.15, -0.1) is 11.6 Å². The summed E-state index contributed by atoms with van der Waals surface area (Å²) in [7, 11) is 0. The van der Waals surface area contributed by atoms with Gasteiger partial charge in [-0.1, -0.05) is 37.3 Å². The highest BCUT2D eigenvalue weighted by molar-refractivity contribution is 6.17. The molecule has 0 aliphatic rings. The zero-order valence-electron chi connectivity index (χ0n) is 15.9. The van der Waals surface area contributed by atoms with E-state index in [1.165, 1.54) is 0 Å². The zero-order chi connectivity index (χ0) is 19.8. The van der Waals surface area contributed by atoms with Crippen LogP contribution in [0.4, 0.5) is 0 Å². The molecule has 0 fully saturated rings. The second-order valence-electron chi connectivity index (χ2n) is 6.34. The van der Waals surface area contributed by atoms with Crippen molar-refractivity contribution in [3.05, 3.63) is 88.3 Å². The van der Waals surface area contributed by atoms with Gasteiger partial charge in [0.05, 0.1) is 12.3 Å². The molecule has 0 unspecified atom stereocenters. The number of pyridine rings is 1. The quantitative estimate of drug-likeness (QED) is 0.377. The first-order valence-corrected chi connectivity index (χ1v) is 9.97. The van der Waals surface area contributed by atoms with Gasteiger partial charge < -0.3 is 14.0 Å². The topological polar surface area (TPSA) is 40.5 Å². The predicted molar refractivity (Wildman–Crippen MR) is 113 cm³/mol. The van der Waals surface area contributed by atoms with Gasteiger partial charge in [0.15, 0.2) is 5.75 Å². The number of aromatic nitrogens is 1. The van der Waals surface area contributed by atoms with Gasteiger partial charge in [0, 0.05) is 23.8 Å². The molecule has 28 heavy (non-hydrogen) atoms. The van der Waals surface area contributed by atoms with E-state index < -0.39 is 0 Å².